The normalized spacial score (nSPS) is 21.1. The van der Waals surface area contributed by atoms with Crippen LogP contribution in [0.15, 0.2) is 18.2 Å². The fourth-order valence-electron chi connectivity index (χ4n) is 3.04. The molecule has 0 radical (unpaired) electrons. The van der Waals surface area contributed by atoms with E-state index in [0.717, 1.165) is 16.9 Å². The van der Waals surface area contributed by atoms with Crippen LogP contribution in [0.25, 0.3) is 0 Å². The van der Waals surface area contributed by atoms with Crippen molar-refractivity contribution in [3.05, 3.63) is 23.8 Å². The van der Waals surface area contributed by atoms with E-state index < -0.39 is 6.04 Å². The summed E-state index contributed by atoms with van der Waals surface area (Å²) in [6.45, 7) is 4.10. The van der Waals surface area contributed by atoms with Crippen LogP contribution in [0.1, 0.15) is 32.3 Å². The molecule has 2 aliphatic rings. The topological polar surface area (TPSA) is 78.5 Å². The predicted octanol–water partition coefficient (Wildman–Crippen LogP) is 1.20. The number of benzene rings is 1. The van der Waals surface area contributed by atoms with Gasteiger partial charge in [0.1, 0.15) is 6.04 Å². The van der Waals surface area contributed by atoms with Gasteiger partial charge >= 0.3 is 0 Å². The Bertz CT molecular complexity index is 654. The van der Waals surface area contributed by atoms with Crippen LogP contribution >= 0.6 is 0 Å². The van der Waals surface area contributed by atoms with E-state index in [2.05, 4.69) is 10.6 Å². The zero-order valence-electron chi connectivity index (χ0n) is 12.7. The maximum Gasteiger partial charge on any atom is 0.249 e. The van der Waals surface area contributed by atoms with Crippen LogP contribution in [0.3, 0.4) is 0 Å². The van der Waals surface area contributed by atoms with E-state index >= 15 is 0 Å². The van der Waals surface area contributed by atoms with Gasteiger partial charge in [-0.3, -0.25) is 24.6 Å². The molecule has 0 saturated carbocycles. The summed E-state index contributed by atoms with van der Waals surface area (Å²) in [4.78, 5) is 37.2. The minimum absolute atomic E-state index is 0.0915. The monoisotopic (exact) mass is 301 g/mol. The molecule has 22 heavy (non-hydrogen) atoms. The van der Waals surface area contributed by atoms with Crippen molar-refractivity contribution in [2.75, 3.05) is 10.2 Å². The zero-order chi connectivity index (χ0) is 15.9. The summed E-state index contributed by atoms with van der Waals surface area (Å²) in [5, 5.41) is 5.62. The number of imide groups is 1. The maximum atomic E-state index is 12.3. The molecule has 1 atom stereocenters. The van der Waals surface area contributed by atoms with E-state index in [1.807, 2.05) is 32.0 Å². The van der Waals surface area contributed by atoms with Gasteiger partial charge in [-0.2, -0.15) is 0 Å². The van der Waals surface area contributed by atoms with Gasteiger partial charge in [-0.05, 0) is 44.0 Å². The van der Waals surface area contributed by atoms with Crippen LogP contribution in [0.4, 0.5) is 11.4 Å². The molecular formula is C16H19N3O3. The maximum absolute atomic E-state index is 12.3. The van der Waals surface area contributed by atoms with Gasteiger partial charge in [0.15, 0.2) is 0 Å². The third-order valence-electron chi connectivity index (χ3n) is 3.93. The van der Waals surface area contributed by atoms with Crippen molar-refractivity contribution in [1.82, 2.24) is 5.32 Å². The molecule has 0 aliphatic carbocycles. The van der Waals surface area contributed by atoms with Crippen molar-refractivity contribution in [3.63, 3.8) is 0 Å². The Balaban J connectivity index is 1.88. The van der Waals surface area contributed by atoms with Crippen molar-refractivity contribution >= 4 is 29.1 Å². The summed E-state index contributed by atoms with van der Waals surface area (Å²) in [5.41, 5.74) is 2.65. The van der Waals surface area contributed by atoms with Gasteiger partial charge in [0.25, 0.3) is 0 Å². The largest absolute Gasteiger partial charge is 0.383 e. The summed E-state index contributed by atoms with van der Waals surface area (Å²) >= 11 is 0. The number of anilines is 2. The summed E-state index contributed by atoms with van der Waals surface area (Å²) in [6, 6.07) is 5.46. The molecule has 116 valence electrons. The highest BCUT2D eigenvalue weighted by atomic mass is 16.2. The smallest absolute Gasteiger partial charge is 0.249 e. The van der Waals surface area contributed by atoms with Crippen LogP contribution in [-0.4, -0.2) is 29.8 Å². The first kappa shape index (κ1) is 14.6. The Hall–Kier alpha value is -2.37. The van der Waals surface area contributed by atoms with Gasteiger partial charge in [0, 0.05) is 23.8 Å². The Kier molecular flexibility index (Phi) is 3.60. The van der Waals surface area contributed by atoms with Crippen LogP contribution in [0.5, 0.6) is 0 Å². The van der Waals surface area contributed by atoms with Crippen molar-refractivity contribution in [1.29, 1.82) is 0 Å². The van der Waals surface area contributed by atoms with E-state index in [1.165, 1.54) is 4.90 Å². The van der Waals surface area contributed by atoms with Gasteiger partial charge in [-0.1, -0.05) is 0 Å². The molecule has 2 heterocycles. The van der Waals surface area contributed by atoms with Crippen LogP contribution < -0.4 is 15.5 Å². The van der Waals surface area contributed by atoms with Gasteiger partial charge < -0.3 is 5.32 Å². The van der Waals surface area contributed by atoms with Gasteiger partial charge in [0.05, 0.1) is 6.42 Å². The number of nitrogens with zero attached hydrogens (tertiary/aromatic N) is 1. The van der Waals surface area contributed by atoms with Crippen molar-refractivity contribution in [3.8, 4) is 0 Å². The van der Waals surface area contributed by atoms with Crippen molar-refractivity contribution in [2.24, 2.45) is 0 Å². The molecule has 0 aromatic heterocycles. The number of nitrogens with one attached hydrogen (secondary N) is 2. The molecular weight excluding hydrogens is 282 g/mol. The summed E-state index contributed by atoms with van der Waals surface area (Å²) in [7, 11) is 0. The van der Waals surface area contributed by atoms with Gasteiger partial charge in [-0.25, -0.2) is 0 Å². The fourth-order valence-corrected chi connectivity index (χ4v) is 3.04. The number of hydrogen-bond donors (Lipinski definition) is 2. The highest BCUT2D eigenvalue weighted by Crippen LogP contribution is 2.34. The SMILES string of the molecule is CC(C)Nc1ccc2c(c1)CC(=O)N2C1CCC(=O)NC1=O. The van der Waals surface area contributed by atoms with Gasteiger partial charge in [0.2, 0.25) is 17.7 Å². The molecule has 1 saturated heterocycles. The average Bonchev–Trinajstić information content (AvgIpc) is 2.73. The molecule has 1 fully saturated rings. The summed E-state index contributed by atoms with van der Waals surface area (Å²) in [6.07, 6.45) is 0.936. The van der Waals surface area contributed by atoms with E-state index in [9.17, 15) is 14.4 Å². The number of carbonyl (C=O) groups is 3. The highest BCUT2D eigenvalue weighted by molar-refractivity contribution is 6.10. The minimum atomic E-state index is -0.588. The molecule has 6 nitrogen and oxygen atoms in total. The Morgan fingerprint density at radius 2 is 2.05 bits per heavy atom. The molecule has 3 rings (SSSR count). The lowest BCUT2D eigenvalue weighted by Crippen LogP contribution is -2.53. The summed E-state index contributed by atoms with van der Waals surface area (Å²) in [5.74, 6) is -0.752. The molecule has 6 heteroatoms. The second-order valence-electron chi connectivity index (χ2n) is 6.05. The molecule has 0 bridgehead atoms. The van der Waals surface area contributed by atoms with E-state index in [1.54, 1.807) is 0 Å². The average molecular weight is 301 g/mol. The van der Waals surface area contributed by atoms with Crippen LogP contribution in [0.2, 0.25) is 0 Å². The lowest BCUT2D eigenvalue weighted by molar-refractivity contribution is -0.135. The predicted molar refractivity (Wildman–Crippen MR) is 82.6 cm³/mol. The Morgan fingerprint density at radius 3 is 2.73 bits per heavy atom. The van der Waals surface area contributed by atoms with Crippen LogP contribution in [0, 0.1) is 0 Å². The standard InChI is InChI=1S/C16H19N3O3/c1-9(2)17-11-3-4-12-10(7-11)8-15(21)19(12)13-5-6-14(20)18-16(13)22/h3-4,7,9,13,17H,5-6,8H2,1-2H3,(H,18,20,22). The first-order chi connectivity index (χ1) is 10.5. The number of fused-ring (bicyclic) bond motifs is 1. The first-order valence-electron chi connectivity index (χ1n) is 7.51. The number of rotatable bonds is 3. The van der Waals surface area contributed by atoms with E-state index in [0.29, 0.717) is 18.9 Å². The molecule has 1 aromatic rings. The van der Waals surface area contributed by atoms with E-state index in [4.69, 9.17) is 0 Å². The second kappa shape index (κ2) is 5.44. The first-order valence-corrected chi connectivity index (χ1v) is 7.51. The third kappa shape index (κ3) is 2.56. The van der Waals surface area contributed by atoms with Gasteiger partial charge in [-0.15, -0.1) is 0 Å². The zero-order valence-corrected chi connectivity index (χ0v) is 12.7. The van der Waals surface area contributed by atoms with Crippen LogP contribution in [-0.2, 0) is 20.8 Å². The number of carbonyl (C=O) groups excluding carboxylic acids is 3. The third-order valence-corrected chi connectivity index (χ3v) is 3.93. The Morgan fingerprint density at radius 1 is 1.27 bits per heavy atom. The number of piperidine rings is 1. The molecule has 2 aliphatic heterocycles. The fraction of sp³-hybridized carbons (Fsp3) is 0.438. The number of hydrogen-bond acceptors (Lipinski definition) is 4. The van der Waals surface area contributed by atoms with E-state index in [-0.39, 0.29) is 24.1 Å². The van der Waals surface area contributed by atoms with Crippen molar-refractivity contribution < 1.29 is 14.4 Å². The Labute approximate surface area is 128 Å². The molecule has 1 unspecified atom stereocenters. The number of amides is 3. The minimum Gasteiger partial charge on any atom is -0.383 e. The lowest BCUT2D eigenvalue weighted by Gasteiger charge is -2.30. The lowest BCUT2D eigenvalue weighted by atomic mass is 10.0. The molecule has 0 spiro atoms. The van der Waals surface area contributed by atoms with Crippen molar-refractivity contribution in [2.45, 2.75) is 45.2 Å². The summed E-state index contributed by atoms with van der Waals surface area (Å²) < 4.78 is 0. The molecule has 3 amide bonds. The quantitative estimate of drug-likeness (QED) is 0.822. The highest BCUT2D eigenvalue weighted by Gasteiger charge is 2.39. The molecule has 2 N–H and O–H groups in total. The molecule has 1 aromatic carbocycles. The second-order valence-corrected chi connectivity index (χ2v) is 6.05.